The number of benzene rings is 1. The summed E-state index contributed by atoms with van der Waals surface area (Å²) in [6, 6.07) is 5.79. The molecular formula is C16H18FNO3. The van der Waals surface area contributed by atoms with Gasteiger partial charge in [0.1, 0.15) is 5.82 Å². The predicted molar refractivity (Wildman–Crippen MR) is 77.0 cm³/mol. The normalized spacial score (nSPS) is 22.1. The van der Waals surface area contributed by atoms with Gasteiger partial charge in [-0.2, -0.15) is 0 Å². The molecule has 1 aliphatic rings. The third-order valence-electron chi connectivity index (χ3n) is 3.73. The van der Waals surface area contributed by atoms with Gasteiger partial charge in [0.2, 0.25) is 5.91 Å². The first-order chi connectivity index (χ1) is 9.95. The second-order valence-corrected chi connectivity index (χ2v) is 5.40. The first kappa shape index (κ1) is 15.2. The number of rotatable bonds is 4. The second-order valence-electron chi connectivity index (χ2n) is 5.40. The van der Waals surface area contributed by atoms with Crippen molar-refractivity contribution in [2.75, 3.05) is 0 Å². The van der Waals surface area contributed by atoms with E-state index in [9.17, 15) is 14.0 Å². The van der Waals surface area contributed by atoms with Crippen LogP contribution in [0.15, 0.2) is 29.8 Å². The van der Waals surface area contributed by atoms with E-state index < -0.39 is 5.97 Å². The molecule has 4 nitrogen and oxygen atoms in total. The maximum Gasteiger partial charge on any atom is 0.306 e. The van der Waals surface area contributed by atoms with Gasteiger partial charge in [0.05, 0.1) is 5.92 Å². The molecular weight excluding hydrogens is 273 g/mol. The molecule has 2 atom stereocenters. The fourth-order valence-electron chi connectivity index (χ4n) is 2.51. The van der Waals surface area contributed by atoms with Gasteiger partial charge in [0.25, 0.3) is 0 Å². The lowest BCUT2D eigenvalue weighted by molar-refractivity contribution is -0.141. The van der Waals surface area contributed by atoms with Crippen molar-refractivity contribution in [3.63, 3.8) is 0 Å². The number of carboxylic acid groups (broad SMARTS) is 1. The number of halogens is 1. The summed E-state index contributed by atoms with van der Waals surface area (Å²) in [4.78, 5) is 22.9. The van der Waals surface area contributed by atoms with Crippen LogP contribution in [-0.2, 0) is 9.59 Å². The molecule has 0 aromatic heterocycles. The number of aliphatic carboxylic acids is 1. The van der Waals surface area contributed by atoms with Crippen LogP contribution in [0.4, 0.5) is 4.39 Å². The molecule has 1 saturated carbocycles. The van der Waals surface area contributed by atoms with E-state index in [-0.39, 0.29) is 23.7 Å². The Kier molecular flexibility index (Phi) is 4.73. The number of carboxylic acids is 1. The minimum Gasteiger partial charge on any atom is -0.481 e. The lowest BCUT2D eigenvalue weighted by Crippen LogP contribution is -2.33. The highest BCUT2D eigenvalue weighted by molar-refractivity contribution is 5.97. The summed E-state index contributed by atoms with van der Waals surface area (Å²) in [5.74, 6) is -1.70. The quantitative estimate of drug-likeness (QED) is 0.838. The van der Waals surface area contributed by atoms with E-state index in [0.717, 1.165) is 5.56 Å². The molecule has 1 aromatic rings. The zero-order valence-corrected chi connectivity index (χ0v) is 11.8. The number of carbonyl (C=O) groups excluding carboxylic acids is 1. The van der Waals surface area contributed by atoms with Crippen molar-refractivity contribution in [1.29, 1.82) is 0 Å². The molecule has 112 valence electrons. The van der Waals surface area contributed by atoms with Crippen LogP contribution >= 0.6 is 0 Å². The van der Waals surface area contributed by atoms with Gasteiger partial charge in [-0.25, -0.2) is 4.39 Å². The largest absolute Gasteiger partial charge is 0.481 e. The summed E-state index contributed by atoms with van der Waals surface area (Å²) in [7, 11) is 0. The van der Waals surface area contributed by atoms with Crippen molar-refractivity contribution in [2.24, 2.45) is 5.92 Å². The Morgan fingerprint density at radius 2 is 1.95 bits per heavy atom. The van der Waals surface area contributed by atoms with Crippen LogP contribution in [-0.4, -0.2) is 23.0 Å². The van der Waals surface area contributed by atoms with Crippen LogP contribution in [0.3, 0.4) is 0 Å². The van der Waals surface area contributed by atoms with Crippen molar-refractivity contribution in [2.45, 2.75) is 32.2 Å². The minimum atomic E-state index is -0.801. The molecule has 1 fully saturated rings. The van der Waals surface area contributed by atoms with Crippen molar-refractivity contribution in [1.82, 2.24) is 5.32 Å². The van der Waals surface area contributed by atoms with E-state index in [1.54, 1.807) is 25.1 Å². The Bertz CT molecular complexity index is 565. The highest BCUT2D eigenvalue weighted by Gasteiger charge is 2.30. The molecule has 0 aliphatic heterocycles. The van der Waals surface area contributed by atoms with E-state index >= 15 is 0 Å². The molecule has 1 amide bonds. The zero-order valence-electron chi connectivity index (χ0n) is 11.8. The maximum absolute atomic E-state index is 12.8. The fraction of sp³-hybridized carbons (Fsp3) is 0.375. The van der Waals surface area contributed by atoms with Crippen molar-refractivity contribution in [3.8, 4) is 0 Å². The average Bonchev–Trinajstić information content (AvgIpc) is 2.90. The third kappa shape index (κ3) is 4.15. The molecule has 2 N–H and O–H groups in total. The fourth-order valence-corrected chi connectivity index (χ4v) is 2.51. The summed E-state index contributed by atoms with van der Waals surface area (Å²) in [5.41, 5.74) is 1.26. The monoisotopic (exact) mass is 291 g/mol. The molecule has 0 radical (unpaired) electrons. The molecule has 21 heavy (non-hydrogen) atoms. The second kappa shape index (κ2) is 6.52. The SMILES string of the molecule is CC(=Cc1ccc(F)cc1)C(=O)NC1CCC(C(=O)O)C1. The Hall–Kier alpha value is -2.17. The number of carbonyl (C=O) groups is 2. The average molecular weight is 291 g/mol. The third-order valence-corrected chi connectivity index (χ3v) is 3.73. The smallest absolute Gasteiger partial charge is 0.306 e. The highest BCUT2D eigenvalue weighted by Crippen LogP contribution is 2.25. The highest BCUT2D eigenvalue weighted by atomic mass is 19.1. The van der Waals surface area contributed by atoms with Crippen molar-refractivity contribution in [3.05, 3.63) is 41.2 Å². The Morgan fingerprint density at radius 3 is 2.52 bits per heavy atom. The van der Waals surface area contributed by atoms with Gasteiger partial charge in [-0.05, 0) is 50.0 Å². The summed E-state index contributed by atoms with van der Waals surface area (Å²) in [6.07, 6.45) is 3.44. The molecule has 2 rings (SSSR count). The molecule has 1 aromatic carbocycles. The summed E-state index contributed by atoms with van der Waals surface area (Å²) >= 11 is 0. The molecule has 0 spiro atoms. The lowest BCUT2D eigenvalue weighted by Gasteiger charge is -2.12. The van der Waals surface area contributed by atoms with Gasteiger partial charge in [-0.3, -0.25) is 9.59 Å². The van der Waals surface area contributed by atoms with E-state index in [1.165, 1.54) is 12.1 Å². The van der Waals surface area contributed by atoms with Crippen LogP contribution in [0.1, 0.15) is 31.7 Å². The standard InChI is InChI=1S/C16H18FNO3/c1-10(8-11-2-5-13(17)6-3-11)15(19)18-14-7-4-12(9-14)16(20)21/h2-3,5-6,8,12,14H,4,7,9H2,1H3,(H,18,19)(H,20,21). The maximum atomic E-state index is 12.8. The van der Waals surface area contributed by atoms with Crippen LogP contribution in [0.25, 0.3) is 6.08 Å². The summed E-state index contributed by atoms with van der Waals surface area (Å²) in [6.45, 7) is 1.68. The van der Waals surface area contributed by atoms with Gasteiger partial charge >= 0.3 is 5.97 Å². The molecule has 0 saturated heterocycles. The Morgan fingerprint density at radius 1 is 1.29 bits per heavy atom. The van der Waals surface area contributed by atoms with E-state index in [1.807, 2.05) is 0 Å². The summed E-state index contributed by atoms with van der Waals surface area (Å²) in [5, 5.41) is 11.8. The molecule has 2 unspecified atom stereocenters. The van der Waals surface area contributed by atoms with Crippen LogP contribution < -0.4 is 5.32 Å². The van der Waals surface area contributed by atoms with E-state index in [0.29, 0.717) is 24.8 Å². The predicted octanol–water partition coefficient (Wildman–Crippen LogP) is 2.60. The van der Waals surface area contributed by atoms with Gasteiger partial charge in [0, 0.05) is 11.6 Å². The first-order valence-corrected chi connectivity index (χ1v) is 6.93. The number of amides is 1. The minimum absolute atomic E-state index is 0.0878. The van der Waals surface area contributed by atoms with Crippen LogP contribution in [0.5, 0.6) is 0 Å². The zero-order chi connectivity index (χ0) is 15.4. The Labute approximate surface area is 122 Å². The summed E-state index contributed by atoms with van der Waals surface area (Å²) < 4.78 is 12.8. The van der Waals surface area contributed by atoms with Gasteiger partial charge in [-0.1, -0.05) is 12.1 Å². The van der Waals surface area contributed by atoms with Gasteiger partial charge in [0.15, 0.2) is 0 Å². The molecule has 5 heteroatoms. The molecule has 0 bridgehead atoms. The van der Waals surface area contributed by atoms with Crippen LogP contribution in [0.2, 0.25) is 0 Å². The van der Waals surface area contributed by atoms with E-state index in [2.05, 4.69) is 5.32 Å². The van der Waals surface area contributed by atoms with Crippen molar-refractivity contribution >= 4 is 18.0 Å². The van der Waals surface area contributed by atoms with Gasteiger partial charge < -0.3 is 10.4 Å². The van der Waals surface area contributed by atoms with Crippen LogP contribution in [0, 0.1) is 11.7 Å². The van der Waals surface area contributed by atoms with Gasteiger partial charge in [-0.15, -0.1) is 0 Å². The molecule has 1 aliphatic carbocycles. The molecule has 0 heterocycles. The number of hydrogen-bond acceptors (Lipinski definition) is 2. The number of hydrogen-bond donors (Lipinski definition) is 2. The van der Waals surface area contributed by atoms with E-state index in [4.69, 9.17) is 5.11 Å². The Balaban J connectivity index is 1.94. The lowest BCUT2D eigenvalue weighted by atomic mass is 10.1. The van der Waals surface area contributed by atoms with Crippen molar-refractivity contribution < 1.29 is 19.1 Å². The number of nitrogens with one attached hydrogen (secondary N) is 1. The topological polar surface area (TPSA) is 66.4 Å². The first-order valence-electron chi connectivity index (χ1n) is 6.93.